The van der Waals surface area contributed by atoms with E-state index >= 15 is 0 Å². The molecular formula is C16H11NO6. The predicted octanol–water partition coefficient (Wildman–Crippen LogP) is 3.09. The molecule has 0 saturated heterocycles. The second-order valence-corrected chi connectivity index (χ2v) is 5.03. The van der Waals surface area contributed by atoms with Gasteiger partial charge in [0.2, 0.25) is 11.5 Å². The molecule has 0 aliphatic heterocycles. The molecule has 1 heterocycles. The third kappa shape index (κ3) is 2.28. The van der Waals surface area contributed by atoms with Crippen molar-refractivity contribution >= 4 is 16.7 Å². The lowest BCUT2D eigenvalue weighted by atomic mass is 10.0. The van der Waals surface area contributed by atoms with Gasteiger partial charge >= 0.3 is 11.3 Å². The zero-order valence-corrected chi connectivity index (χ0v) is 11.9. The molecule has 7 nitrogen and oxygen atoms in total. The van der Waals surface area contributed by atoms with Crippen LogP contribution in [0.4, 0.5) is 5.69 Å². The van der Waals surface area contributed by atoms with E-state index in [1.807, 2.05) is 19.1 Å². The van der Waals surface area contributed by atoms with E-state index < -0.39 is 27.7 Å². The molecule has 0 bridgehead atoms. The molecule has 1 aromatic heterocycles. The fraction of sp³-hybridized carbons (Fsp3) is 0.0625. The quantitative estimate of drug-likeness (QED) is 0.325. The van der Waals surface area contributed by atoms with Crippen molar-refractivity contribution in [1.29, 1.82) is 0 Å². The van der Waals surface area contributed by atoms with E-state index in [4.69, 9.17) is 4.42 Å². The van der Waals surface area contributed by atoms with Gasteiger partial charge < -0.3 is 14.6 Å². The molecule has 2 aromatic carbocycles. The second kappa shape index (κ2) is 5.13. The molecule has 0 saturated carbocycles. The molecule has 3 aromatic rings. The first-order chi connectivity index (χ1) is 10.9. The lowest BCUT2D eigenvalue weighted by molar-refractivity contribution is -0.385. The lowest BCUT2D eigenvalue weighted by Crippen LogP contribution is -2.04. The summed E-state index contributed by atoms with van der Waals surface area (Å²) in [7, 11) is 0. The topological polar surface area (TPSA) is 114 Å². The second-order valence-electron chi connectivity index (χ2n) is 5.03. The molecule has 3 rings (SSSR count). The number of phenolic OH excluding ortho intramolecular Hbond substituents is 2. The predicted molar refractivity (Wildman–Crippen MR) is 82.6 cm³/mol. The van der Waals surface area contributed by atoms with E-state index in [1.54, 1.807) is 12.1 Å². The summed E-state index contributed by atoms with van der Waals surface area (Å²) in [5.41, 5.74) is -0.00428. The summed E-state index contributed by atoms with van der Waals surface area (Å²) in [6.07, 6.45) is 0. The minimum Gasteiger partial charge on any atom is -0.501 e. The Morgan fingerprint density at radius 3 is 2.43 bits per heavy atom. The normalized spacial score (nSPS) is 10.8. The Balaban J connectivity index is 2.38. The molecule has 0 amide bonds. The fourth-order valence-corrected chi connectivity index (χ4v) is 2.43. The van der Waals surface area contributed by atoms with Crippen molar-refractivity contribution in [2.24, 2.45) is 0 Å². The van der Waals surface area contributed by atoms with Crippen molar-refractivity contribution < 1.29 is 19.6 Å². The van der Waals surface area contributed by atoms with E-state index in [0.29, 0.717) is 5.56 Å². The Labute approximate surface area is 129 Å². The van der Waals surface area contributed by atoms with Gasteiger partial charge in [0, 0.05) is 11.5 Å². The number of aromatic hydroxyl groups is 2. The van der Waals surface area contributed by atoms with Crippen molar-refractivity contribution in [3.05, 3.63) is 62.5 Å². The van der Waals surface area contributed by atoms with E-state index in [-0.39, 0.29) is 16.5 Å². The molecule has 23 heavy (non-hydrogen) atoms. The molecule has 7 heteroatoms. The minimum absolute atomic E-state index is 0.143. The van der Waals surface area contributed by atoms with Gasteiger partial charge in [-0.25, -0.2) is 4.79 Å². The number of hydrogen-bond donors (Lipinski definition) is 2. The zero-order valence-electron chi connectivity index (χ0n) is 11.9. The highest BCUT2D eigenvalue weighted by Crippen LogP contribution is 2.41. The highest BCUT2D eigenvalue weighted by atomic mass is 16.6. The van der Waals surface area contributed by atoms with Crippen LogP contribution in [0.15, 0.2) is 45.6 Å². The third-order valence-corrected chi connectivity index (χ3v) is 3.58. The van der Waals surface area contributed by atoms with Gasteiger partial charge in [-0.1, -0.05) is 24.3 Å². The number of nitro benzene ring substituents is 1. The van der Waals surface area contributed by atoms with Gasteiger partial charge in [0.1, 0.15) is 0 Å². The molecule has 116 valence electrons. The minimum atomic E-state index is -0.936. The first-order valence-corrected chi connectivity index (χ1v) is 6.63. The third-order valence-electron chi connectivity index (χ3n) is 3.58. The first kappa shape index (κ1) is 14.6. The van der Waals surface area contributed by atoms with Crippen molar-refractivity contribution in [3.63, 3.8) is 0 Å². The van der Waals surface area contributed by atoms with E-state index in [2.05, 4.69) is 0 Å². The molecule has 0 radical (unpaired) electrons. The number of aryl methyl sites for hydroxylation is 1. The van der Waals surface area contributed by atoms with Gasteiger partial charge in [-0.3, -0.25) is 10.1 Å². The molecule has 0 unspecified atom stereocenters. The van der Waals surface area contributed by atoms with Crippen LogP contribution in [0.5, 0.6) is 11.5 Å². The Bertz CT molecular complexity index is 1010. The Kier molecular flexibility index (Phi) is 3.25. The van der Waals surface area contributed by atoms with Crippen LogP contribution in [-0.2, 0) is 0 Å². The van der Waals surface area contributed by atoms with Gasteiger partial charge in [0.05, 0.1) is 10.5 Å². The van der Waals surface area contributed by atoms with Crippen LogP contribution in [0, 0.1) is 17.0 Å². The van der Waals surface area contributed by atoms with Crippen LogP contribution in [0.25, 0.3) is 22.1 Å². The van der Waals surface area contributed by atoms with Crippen molar-refractivity contribution in [2.75, 3.05) is 0 Å². The molecule has 0 spiro atoms. The monoisotopic (exact) mass is 313 g/mol. The number of fused-ring (bicyclic) bond motifs is 1. The van der Waals surface area contributed by atoms with E-state index in [9.17, 15) is 25.1 Å². The van der Waals surface area contributed by atoms with Crippen molar-refractivity contribution in [2.45, 2.75) is 6.92 Å². The summed E-state index contributed by atoms with van der Waals surface area (Å²) < 4.78 is 5.06. The van der Waals surface area contributed by atoms with Gasteiger partial charge in [0.15, 0.2) is 5.58 Å². The van der Waals surface area contributed by atoms with Crippen LogP contribution < -0.4 is 5.63 Å². The summed E-state index contributed by atoms with van der Waals surface area (Å²) in [5, 5.41) is 30.6. The number of benzene rings is 2. The summed E-state index contributed by atoms with van der Waals surface area (Å²) in [6, 6.07) is 9.56. The number of hydrogen-bond acceptors (Lipinski definition) is 6. The molecular weight excluding hydrogens is 302 g/mol. The van der Waals surface area contributed by atoms with Crippen LogP contribution >= 0.6 is 0 Å². The van der Waals surface area contributed by atoms with Crippen LogP contribution in [0.3, 0.4) is 0 Å². The van der Waals surface area contributed by atoms with E-state index in [0.717, 1.165) is 11.6 Å². The zero-order chi connectivity index (χ0) is 16.7. The summed E-state index contributed by atoms with van der Waals surface area (Å²) in [6.45, 7) is 1.82. The van der Waals surface area contributed by atoms with Crippen LogP contribution in [0.2, 0.25) is 0 Å². The maximum Gasteiger partial charge on any atom is 0.344 e. The average molecular weight is 313 g/mol. The standard InChI is InChI=1S/C16H11NO6/c1-8-4-2-3-5-10(8)11-6-9-7-12(17(21)22)13(18)14(19)15(9)23-16(11)20/h2-7,18-19H,1H3. The highest BCUT2D eigenvalue weighted by Gasteiger charge is 2.23. The van der Waals surface area contributed by atoms with Gasteiger partial charge in [0.25, 0.3) is 0 Å². The fourth-order valence-electron chi connectivity index (χ4n) is 2.43. The van der Waals surface area contributed by atoms with Crippen molar-refractivity contribution in [1.82, 2.24) is 0 Å². The lowest BCUT2D eigenvalue weighted by Gasteiger charge is -2.07. The first-order valence-electron chi connectivity index (χ1n) is 6.63. The van der Waals surface area contributed by atoms with Gasteiger partial charge in [-0.05, 0) is 24.1 Å². The smallest absolute Gasteiger partial charge is 0.344 e. The maximum atomic E-state index is 12.2. The molecule has 2 N–H and O–H groups in total. The van der Waals surface area contributed by atoms with Crippen LogP contribution in [-0.4, -0.2) is 15.1 Å². The Morgan fingerprint density at radius 1 is 1.09 bits per heavy atom. The Morgan fingerprint density at radius 2 is 1.78 bits per heavy atom. The summed E-state index contributed by atoms with van der Waals surface area (Å²) in [5.74, 6) is -1.77. The largest absolute Gasteiger partial charge is 0.501 e. The SMILES string of the molecule is Cc1ccccc1-c1cc2cc([N+](=O)[O-])c(O)c(O)c2oc1=O. The number of rotatable bonds is 2. The molecule has 0 fully saturated rings. The number of nitro groups is 1. The van der Waals surface area contributed by atoms with E-state index in [1.165, 1.54) is 6.07 Å². The van der Waals surface area contributed by atoms with Crippen molar-refractivity contribution in [3.8, 4) is 22.6 Å². The average Bonchev–Trinajstić information content (AvgIpc) is 2.51. The van der Waals surface area contributed by atoms with Gasteiger partial charge in [-0.2, -0.15) is 0 Å². The number of nitrogens with zero attached hydrogens (tertiary/aromatic N) is 1. The van der Waals surface area contributed by atoms with Crippen LogP contribution in [0.1, 0.15) is 5.56 Å². The summed E-state index contributed by atoms with van der Waals surface area (Å²) >= 11 is 0. The molecule has 0 aliphatic carbocycles. The highest BCUT2D eigenvalue weighted by molar-refractivity contribution is 5.91. The Hall–Kier alpha value is -3.35. The number of phenols is 2. The summed E-state index contributed by atoms with van der Waals surface area (Å²) in [4.78, 5) is 22.3. The maximum absolute atomic E-state index is 12.2. The van der Waals surface area contributed by atoms with Gasteiger partial charge in [-0.15, -0.1) is 0 Å². The molecule has 0 atom stereocenters. The molecule has 0 aliphatic rings.